The number of rotatable bonds is 5. The van der Waals surface area contributed by atoms with Crippen LogP contribution in [0.4, 0.5) is 0 Å². The van der Waals surface area contributed by atoms with E-state index < -0.39 is 21.6 Å². The minimum Gasteiger partial charge on any atom is -0.508 e. The highest BCUT2D eigenvalue weighted by atomic mass is 32.2. The van der Waals surface area contributed by atoms with Crippen molar-refractivity contribution < 1.29 is 22.8 Å². The first-order valence-corrected chi connectivity index (χ1v) is 4.62. The molecule has 70 valence electrons. The van der Waals surface area contributed by atoms with Crippen molar-refractivity contribution in [3.05, 3.63) is 24.7 Å². The topological polar surface area (TPSA) is 83.8 Å². The van der Waals surface area contributed by atoms with Crippen molar-refractivity contribution in [3.63, 3.8) is 0 Å². The molecule has 0 aromatic rings. The Kier molecular flexibility index (Phi) is 4.38. The standard InChI is InChI=1S/C6H10O5S/c1-2-3-11-4-6(7)5-12(8,9)10/h2,4,7H,1,3,5H2,(H,8,9,10). The Morgan fingerprint density at radius 2 is 2.17 bits per heavy atom. The molecule has 0 unspecified atom stereocenters. The van der Waals surface area contributed by atoms with Crippen LogP contribution in [-0.2, 0) is 14.9 Å². The maximum atomic E-state index is 10.2. The molecule has 0 aliphatic heterocycles. The molecule has 0 rings (SSSR count). The normalized spacial score (nSPS) is 12.6. The van der Waals surface area contributed by atoms with Crippen molar-refractivity contribution in [1.29, 1.82) is 0 Å². The number of hydrogen-bond donors (Lipinski definition) is 2. The summed E-state index contributed by atoms with van der Waals surface area (Å²) in [6.07, 6.45) is 2.27. The van der Waals surface area contributed by atoms with Crippen LogP contribution in [0, 0.1) is 0 Å². The summed E-state index contributed by atoms with van der Waals surface area (Å²) in [7, 11) is -4.18. The van der Waals surface area contributed by atoms with Gasteiger partial charge in [0.25, 0.3) is 10.1 Å². The molecule has 0 bridgehead atoms. The summed E-state index contributed by atoms with van der Waals surface area (Å²) < 4.78 is 33.1. The van der Waals surface area contributed by atoms with Gasteiger partial charge in [-0.05, 0) is 0 Å². The fourth-order valence-corrected chi connectivity index (χ4v) is 0.875. The Bertz CT molecular complexity index is 264. The molecule has 0 saturated heterocycles. The average Bonchev–Trinajstić information content (AvgIpc) is 1.84. The fraction of sp³-hybridized carbons (Fsp3) is 0.333. The van der Waals surface area contributed by atoms with Gasteiger partial charge in [-0.15, -0.1) is 0 Å². The van der Waals surface area contributed by atoms with Crippen LogP contribution in [0.15, 0.2) is 24.7 Å². The molecule has 0 atom stereocenters. The van der Waals surface area contributed by atoms with Crippen molar-refractivity contribution in [1.82, 2.24) is 0 Å². The van der Waals surface area contributed by atoms with Gasteiger partial charge >= 0.3 is 0 Å². The molecule has 12 heavy (non-hydrogen) atoms. The third kappa shape index (κ3) is 7.10. The number of aliphatic hydroxyl groups is 1. The highest BCUT2D eigenvalue weighted by Gasteiger charge is 2.07. The summed E-state index contributed by atoms with van der Waals surface area (Å²) in [5.74, 6) is -1.40. The minimum atomic E-state index is -4.18. The molecule has 0 saturated carbocycles. The summed E-state index contributed by atoms with van der Waals surface area (Å²) in [5, 5.41) is 8.77. The Hall–Kier alpha value is -1.01. The van der Waals surface area contributed by atoms with Crippen LogP contribution < -0.4 is 0 Å². The van der Waals surface area contributed by atoms with Crippen molar-refractivity contribution in [2.24, 2.45) is 0 Å². The average molecular weight is 194 g/mol. The molecule has 0 heterocycles. The van der Waals surface area contributed by atoms with E-state index in [1.54, 1.807) is 0 Å². The van der Waals surface area contributed by atoms with Gasteiger partial charge in [0.15, 0.2) is 0 Å². The van der Waals surface area contributed by atoms with Gasteiger partial charge in [0, 0.05) is 0 Å². The van der Waals surface area contributed by atoms with E-state index in [0.717, 1.165) is 6.26 Å². The van der Waals surface area contributed by atoms with Crippen LogP contribution in [0.3, 0.4) is 0 Å². The van der Waals surface area contributed by atoms with E-state index in [0.29, 0.717) is 0 Å². The van der Waals surface area contributed by atoms with Gasteiger partial charge in [-0.1, -0.05) is 12.7 Å². The molecule has 0 aromatic heterocycles. The molecule has 2 N–H and O–H groups in total. The molecule has 0 radical (unpaired) electrons. The van der Waals surface area contributed by atoms with Gasteiger partial charge in [-0.3, -0.25) is 4.55 Å². The molecule has 6 heteroatoms. The van der Waals surface area contributed by atoms with E-state index in [1.807, 2.05) is 0 Å². The van der Waals surface area contributed by atoms with Crippen molar-refractivity contribution in [2.45, 2.75) is 0 Å². The first kappa shape index (κ1) is 11.0. The maximum absolute atomic E-state index is 10.2. The number of aliphatic hydroxyl groups excluding tert-OH is 1. The quantitative estimate of drug-likeness (QED) is 0.288. The summed E-state index contributed by atoms with van der Waals surface area (Å²) in [4.78, 5) is 0. The Labute approximate surface area is 70.7 Å². The second-order valence-corrected chi connectivity index (χ2v) is 3.41. The fourth-order valence-electron chi connectivity index (χ4n) is 0.433. The van der Waals surface area contributed by atoms with E-state index in [-0.39, 0.29) is 6.61 Å². The predicted molar refractivity (Wildman–Crippen MR) is 43.3 cm³/mol. The van der Waals surface area contributed by atoms with Crippen molar-refractivity contribution >= 4 is 10.1 Å². The Morgan fingerprint density at radius 3 is 2.58 bits per heavy atom. The zero-order valence-electron chi connectivity index (χ0n) is 6.30. The van der Waals surface area contributed by atoms with Gasteiger partial charge in [-0.25, -0.2) is 0 Å². The van der Waals surface area contributed by atoms with E-state index in [9.17, 15) is 8.42 Å². The first-order chi connectivity index (χ1) is 5.45. The molecule has 0 spiro atoms. The SMILES string of the molecule is C=CCOC=C(O)CS(=O)(=O)O. The lowest BCUT2D eigenvalue weighted by atomic mass is 10.6. The van der Waals surface area contributed by atoms with Gasteiger partial charge in [-0.2, -0.15) is 8.42 Å². The number of hydrogen-bond acceptors (Lipinski definition) is 4. The van der Waals surface area contributed by atoms with Crippen LogP contribution in [0.5, 0.6) is 0 Å². The Morgan fingerprint density at radius 1 is 1.58 bits per heavy atom. The lowest BCUT2D eigenvalue weighted by Crippen LogP contribution is -2.06. The molecule has 0 aliphatic carbocycles. The molecule has 0 fully saturated rings. The third-order valence-corrected chi connectivity index (χ3v) is 1.42. The van der Waals surface area contributed by atoms with E-state index in [4.69, 9.17) is 9.66 Å². The molecule has 0 aliphatic rings. The van der Waals surface area contributed by atoms with E-state index >= 15 is 0 Å². The largest absolute Gasteiger partial charge is 0.508 e. The van der Waals surface area contributed by atoms with Gasteiger partial charge in [0.1, 0.15) is 24.4 Å². The van der Waals surface area contributed by atoms with Gasteiger partial charge < -0.3 is 9.84 Å². The predicted octanol–water partition coefficient (Wildman–Crippen LogP) is 0.476. The molecular weight excluding hydrogens is 184 g/mol. The smallest absolute Gasteiger partial charge is 0.272 e. The first-order valence-electron chi connectivity index (χ1n) is 3.01. The summed E-state index contributed by atoms with van der Waals surface area (Å²) in [6, 6.07) is 0. The number of ether oxygens (including phenoxy) is 1. The van der Waals surface area contributed by atoms with Gasteiger partial charge in [0.05, 0.1) is 0 Å². The summed E-state index contributed by atoms with van der Waals surface area (Å²) in [5.41, 5.74) is 0. The second-order valence-electron chi connectivity index (χ2n) is 1.96. The zero-order chi connectivity index (χ0) is 9.61. The van der Waals surface area contributed by atoms with Crippen LogP contribution in [0.25, 0.3) is 0 Å². The van der Waals surface area contributed by atoms with Crippen LogP contribution in [0.1, 0.15) is 0 Å². The van der Waals surface area contributed by atoms with Crippen molar-refractivity contribution in [2.75, 3.05) is 12.4 Å². The van der Waals surface area contributed by atoms with E-state index in [1.165, 1.54) is 6.08 Å². The highest BCUT2D eigenvalue weighted by Crippen LogP contribution is 1.94. The van der Waals surface area contributed by atoms with E-state index in [2.05, 4.69) is 11.3 Å². The Balaban J connectivity index is 3.94. The van der Waals surface area contributed by atoms with Crippen LogP contribution >= 0.6 is 0 Å². The van der Waals surface area contributed by atoms with Crippen LogP contribution in [-0.4, -0.2) is 30.4 Å². The van der Waals surface area contributed by atoms with Crippen molar-refractivity contribution in [3.8, 4) is 0 Å². The lowest BCUT2D eigenvalue weighted by molar-refractivity contribution is 0.262. The zero-order valence-corrected chi connectivity index (χ0v) is 7.12. The van der Waals surface area contributed by atoms with Gasteiger partial charge in [0.2, 0.25) is 0 Å². The lowest BCUT2D eigenvalue weighted by Gasteiger charge is -1.97. The summed E-state index contributed by atoms with van der Waals surface area (Å²) >= 11 is 0. The molecule has 0 amide bonds. The third-order valence-electron chi connectivity index (χ3n) is 0.764. The second kappa shape index (κ2) is 4.78. The summed E-state index contributed by atoms with van der Waals surface area (Å²) in [6.45, 7) is 3.49. The monoisotopic (exact) mass is 194 g/mol. The minimum absolute atomic E-state index is 0.162. The van der Waals surface area contributed by atoms with Crippen LogP contribution in [0.2, 0.25) is 0 Å². The molecule has 0 aromatic carbocycles. The molecular formula is C6H10O5S. The maximum Gasteiger partial charge on any atom is 0.272 e. The molecule has 5 nitrogen and oxygen atoms in total. The highest BCUT2D eigenvalue weighted by molar-refractivity contribution is 7.85.